The van der Waals surface area contributed by atoms with E-state index in [0.29, 0.717) is 38.2 Å². The minimum atomic E-state index is -1.31. The van der Waals surface area contributed by atoms with Gasteiger partial charge in [0, 0.05) is 57.3 Å². The SMILES string of the molecule is C=CCOC12Oc3ccc(OCCN4CC4)cc3C3C(CCCCO)C(CCCCO)C=C(C(=NOC)CC1N(CCC)C(=O)OCCCl)C32. The van der Waals surface area contributed by atoms with Gasteiger partial charge < -0.3 is 34.0 Å². The van der Waals surface area contributed by atoms with Crippen LogP contribution in [0.25, 0.3) is 0 Å². The van der Waals surface area contributed by atoms with Crippen molar-refractivity contribution in [1.29, 1.82) is 0 Å². The Morgan fingerprint density at radius 1 is 1.18 bits per heavy atom. The van der Waals surface area contributed by atoms with Crippen molar-refractivity contribution in [1.82, 2.24) is 9.80 Å². The summed E-state index contributed by atoms with van der Waals surface area (Å²) in [5.41, 5.74) is 2.78. The molecule has 0 radical (unpaired) electrons. The second-order valence-corrected chi connectivity index (χ2v) is 14.0. The highest BCUT2D eigenvalue weighted by Gasteiger charge is 2.65. The van der Waals surface area contributed by atoms with E-state index in [0.717, 1.165) is 74.3 Å². The molecule has 4 aliphatic rings. The molecule has 5 rings (SSSR count). The van der Waals surface area contributed by atoms with Crippen LogP contribution in [0.15, 0.2) is 47.7 Å². The van der Waals surface area contributed by atoms with Crippen molar-refractivity contribution in [2.24, 2.45) is 22.9 Å². The normalized spacial score (nSPS) is 27.4. The molecule has 0 aromatic heterocycles. The second-order valence-electron chi connectivity index (χ2n) is 13.6. The third-order valence-corrected chi connectivity index (χ3v) is 10.6. The second kappa shape index (κ2) is 18.6. The van der Waals surface area contributed by atoms with Crippen LogP contribution in [0.4, 0.5) is 4.79 Å². The summed E-state index contributed by atoms with van der Waals surface area (Å²) in [4.78, 5) is 23.4. The number of halogens is 1. The molecule has 2 aliphatic carbocycles. The average molecular weight is 718 g/mol. The van der Waals surface area contributed by atoms with Gasteiger partial charge in [-0.05, 0) is 67.7 Å². The molecular formula is C38H56ClN3O8. The number of allylic oxidation sites excluding steroid dienone is 1. The monoisotopic (exact) mass is 717 g/mol. The number of alkyl halides is 1. The lowest BCUT2D eigenvalue weighted by Crippen LogP contribution is -2.70. The molecule has 11 nitrogen and oxygen atoms in total. The summed E-state index contributed by atoms with van der Waals surface area (Å²) in [5, 5.41) is 24.1. The van der Waals surface area contributed by atoms with E-state index in [2.05, 4.69) is 28.8 Å². The Morgan fingerprint density at radius 3 is 2.64 bits per heavy atom. The number of oxime groups is 1. The molecule has 1 aromatic rings. The number of nitrogens with zero attached hydrogens (tertiary/aromatic N) is 3. The van der Waals surface area contributed by atoms with Crippen LogP contribution in [0.3, 0.4) is 0 Å². The molecule has 2 N–H and O–H groups in total. The van der Waals surface area contributed by atoms with Gasteiger partial charge in [-0.2, -0.15) is 0 Å². The van der Waals surface area contributed by atoms with E-state index in [1.165, 1.54) is 0 Å². The predicted octanol–water partition coefficient (Wildman–Crippen LogP) is 5.73. The Morgan fingerprint density at radius 2 is 1.96 bits per heavy atom. The maximum Gasteiger partial charge on any atom is 0.410 e. The van der Waals surface area contributed by atoms with Gasteiger partial charge in [-0.3, -0.25) is 9.80 Å². The smallest absolute Gasteiger partial charge is 0.410 e. The molecular weight excluding hydrogens is 662 g/mol. The number of unbranched alkanes of at least 4 members (excludes halogenated alkanes) is 2. The summed E-state index contributed by atoms with van der Waals surface area (Å²) in [7, 11) is 1.54. The van der Waals surface area contributed by atoms with E-state index >= 15 is 0 Å². The van der Waals surface area contributed by atoms with E-state index in [1.54, 1.807) is 18.1 Å². The van der Waals surface area contributed by atoms with Gasteiger partial charge in [0.25, 0.3) is 0 Å². The fourth-order valence-corrected chi connectivity index (χ4v) is 8.34. The largest absolute Gasteiger partial charge is 0.492 e. The van der Waals surface area contributed by atoms with Crippen LogP contribution < -0.4 is 9.47 Å². The number of hydrogen-bond donors (Lipinski definition) is 2. The molecule has 50 heavy (non-hydrogen) atoms. The number of carbonyl (C=O) groups is 1. The topological polar surface area (TPSA) is 122 Å². The lowest BCUT2D eigenvalue weighted by atomic mass is 9.55. The number of fused-ring (bicyclic) bond motifs is 2. The van der Waals surface area contributed by atoms with Crippen LogP contribution in [0.1, 0.15) is 69.8 Å². The highest BCUT2D eigenvalue weighted by molar-refractivity contribution is 6.18. The minimum Gasteiger partial charge on any atom is -0.492 e. The van der Waals surface area contributed by atoms with Crippen molar-refractivity contribution < 1.29 is 38.8 Å². The predicted molar refractivity (Wildman–Crippen MR) is 193 cm³/mol. The maximum absolute atomic E-state index is 13.8. The molecule has 1 saturated heterocycles. The quantitative estimate of drug-likeness (QED) is 0.0540. The van der Waals surface area contributed by atoms with Crippen molar-refractivity contribution >= 4 is 23.4 Å². The Kier molecular flexibility index (Phi) is 14.3. The maximum atomic E-state index is 13.8. The number of aliphatic hydroxyl groups is 2. The van der Waals surface area contributed by atoms with Gasteiger partial charge in [0.1, 0.15) is 37.9 Å². The van der Waals surface area contributed by atoms with Crippen molar-refractivity contribution in [3.63, 3.8) is 0 Å². The number of aliphatic hydroxyl groups excluding tert-OH is 2. The number of hydrogen-bond acceptors (Lipinski definition) is 10. The van der Waals surface area contributed by atoms with Crippen molar-refractivity contribution in [2.45, 2.75) is 76.0 Å². The van der Waals surface area contributed by atoms with Crippen LogP contribution in [0.5, 0.6) is 11.5 Å². The van der Waals surface area contributed by atoms with Crippen LogP contribution in [0.2, 0.25) is 0 Å². The van der Waals surface area contributed by atoms with Crippen LogP contribution in [-0.4, -0.2) is 116 Å². The Balaban J connectivity index is 1.71. The first-order chi connectivity index (χ1) is 24.5. The van der Waals surface area contributed by atoms with Crippen molar-refractivity contribution in [2.75, 3.05) is 72.2 Å². The van der Waals surface area contributed by atoms with Gasteiger partial charge in [0.15, 0.2) is 0 Å². The molecule has 0 spiro atoms. The standard InChI is InChI=1S/C38H56ClN3O8/c1-4-15-42(37(45)48-22-14-39)34-26-32(40-46-3)30-24-27(10-6-8-19-43)29(11-7-9-20-44)35-31-25-28(47-23-18-41-16-17-41)12-13-33(31)50-38(34,36(30)35)49-21-5-2/h5,12-13,24-25,27,29,34-36,43-44H,2,4,6-11,14-23,26H2,1,3H3. The first kappa shape index (κ1) is 38.4. The number of benzene rings is 1. The zero-order valence-corrected chi connectivity index (χ0v) is 30.5. The van der Waals surface area contributed by atoms with Crippen LogP contribution in [0, 0.1) is 17.8 Å². The number of amides is 1. The molecule has 0 bridgehead atoms. The molecule has 1 amide bonds. The van der Waals surface area contributed by atoms with Crippen molar-refractivity contribution in [3.05, 3.63) is 48.1 Å². The first-order valence-corrected chi connectivity index (χ1v) is 19.0. The van der Waals surface area contributed by atoms with Gasteiger partial charge in [-0.25, -0.2) is 4.79 Å². The molecule has 2 aliphatic heterocycles. The molecule has 6 unspecified atom stereocenters. The highest BCUT2D eigenvalue weighted by Crippen LogP contribution is 2.62. The molecule has 2 fully saturated rings. The number of carbonyl (C=O) groups excluding carboxylic acids is 1. The summed E-state index contributed by atoms with van der Waals surface area (Å²) in [5.74, 6) is 0.166. The van der Waals surface area contributed by atoms with E-state index < -0.39 is 17.9 Å². The molecule has 12 heteroatoms. The summed E-state index contributed by atoms with van der Waals surface area (Å²) >= 11 is 5.95. The van der Waals surface area contributed by atoms with Crippen LogP contribution in [-0.2, 0) is 14.3 Å². The number of ether oxygens (including phenoxy) is 4. The molecule has 6 atom stereocenters. The Bertz CT molecular complexity index is 1340. The van der Waals surface area contributed by atoms with Crippen LogP contribution >= 0.6 is 11.6 Å². The lowest BCUT2D eigenvalue weighted by molar-refractivity contribution is -0.255. The van der Waals surface area contributed by atoms with Gasteiger partial charge in [0.2, 0.25) is 5.79 Å². The summed E-state index contributed by atoms with van der Waals surface area (Å²) in [6, 6.07) is 5.44. The van der Waals surface area contributed by atoms with Gasteiger partial charge in [-0.15, -0.1) is 18.2 Å². The molecule has 1 aromatic carbocycles. The molecule has 2 heterocycles. The summed E-state index contributed by atoms with van der Waals surface area (Å²) < 4.78 is 26.1. The fourth-order valence-electron chi connectivity index (χ4n) is 8.26. The Labute approximate surface area is 302 Å². The first-order valence-electron chi connectivity index (χ1n) is 18.4. The van der Waals surface area contributed by atoms with Gasteiger partial charge in [0.05, 0.1) is 24.1 Å². The summed E-state index contributed by atoms with van der Waals surface area (Å²) in [6.45, 7) is 10.7. The molecule has 1 saturated carbocycles. The molecule has 278 valence electrons. The third kappa shape index (κ3) is 8.61. The zero-order chi connectivity index (χ0) is 35.5. The summed E-state index contributed by atoms with van der Waals surface area (Å²) in [6.07, 6.45) is 9.45. The van der Waals surface area contributed by atoms with Gasteiger partial charge >= 0.3 is 6.09 Å². The van der Waals surface area contributed by atoms with E-state index in [9.17, 15) is 15.0 Å². The van der Waals surface area contributed by atoms with E-state index in [-0.39, 0.29) is 56.0 Å². The lowest BCUT2D eigenvalue weighted by Gasteiger charge is -2.59. The highest BCUT2D eigenvalue weighted by atomic mass is 35.5. The third-order valence-electron chi connectivity index (χ3n) is 10.4. The van der Waals surface area contributed by atoms with Gasteiger partial charge in [-0.1, -0.05) is 37.1 Å². The fraction of sp³-hybridized carbons (Fsp3) is 0.684. The Hall–Kier alpha value is -2.83. The number of rotatable bonds is 21. The van der Waals surface area contributed by atoms with E-state index in [1.807, 2.05) is 19.1 Å². The average Bonchev–Trinajstić information content (AvgIpc) is 3.95. The minimum absolute atomic E-state index is 0.0801. The zero-order valence-electron chi connectivity index (χ0n) is 29.8. The van der Waals surface area contributed by atoms with E-state index in [4.69, 9.17) is 35.4 Å². The van der Waals surface area contributed by atoms with Crippen molar-refractivity contribution in [3.8, 4) is 11.5 Å².